The Hall–Kier alpha value is -1.01. The van der Waals surface area contributed by atoms with Gasteiger partial charge >= 0.3 is 0 Å². The monoisotopic (exact) mass is 285 g/mol. The molecule has 1 rings (SSSR count). The molecule has 1 heterocycles. The molecule has 19 heavy (non-hydrogen) atoms. The lowest BCUT2D eigenvalue weighted by molar-refractivity contribution is -0.121. The molecular weight excluding hydrogens is 262 g/mol. The fraction of sp³-hybridized carbons (Fsp3) is 0.692. The normalized spacial score (nSPS) is 13.4. The van der Waals surface area contributed by atoms with E-state index in [2.05, 4.69) is 10.3 Å². The summed E-state index contributed by atoms with van der Waals surface area (Å²) in [5, 5.41) is 12.6. The maximum atomic E-state index is 12.1. The fourth-order valence-electron chi connectivity index (χ4n) is 1.42. The largest absolute Gasteiger partial charge is 0.390 e. The number of aliphatic hydroxyl groups excluding tert-OH is 1. The standard InChI is InChI=1S/C13H23N3O2S/c1-6-13(3,4)15-11(18)9(2)19-12-14-7-10(8-17)16(12)5/h7,9,17H,6,8H2,1-5H3,(H,15,18). The summed E-state index contributed by atoms with van der Waals surface area (Å²) in [6.45, 7) is 7.87. The Morgan fingerprint density at radius 1 is 1.63 bits per heavy atom. The molecule has 0 aromatic carbocycles. The number of nitrogens with zero attached hydrogens (tertiary/aromatic N) is 2. The van der Waals surface area contributed by atoms with Gasteiger partial charge in [0.1, 0.15) is 0 Å². The summed E-state index contributed by atoms with van der Waals surface area (Å²) in [6.07, 6.45) is 2.51. The van der Waals surface area contributed by atoms with Gasteiger partial charge in [-0.1, -0.05) is 18.7 Å². The predicted molar refractivity (Wildman–Crippen MR) is 77.0 cm³/mol. The van der Waals surface area contributed by atoms with Crippen molar-refractivity contribution in [1.82, 2.24) is 14.9 Å². The number of aromatic nitrogens is 2. The van der Waals surface area contributed by atoms with Gasteiger partial charge in [0.25, 0.3) is 0 Å². The highest BCUT2D eigenvalue weighted by molar-refractivity contribution is 8.00. The minimum absolute atomic E-state index is 0.00500. The van der Waals surface area contributed by atoms with Gasteiger partial charge in [-0.3, -0.25) is 4.79 Å². The van der Waals surface area contributed by atoms with Crippen LogP contribution in [0.2, 0.25) is 0 Å². The van der Waals surface area contributed by atoms with E-state index in [4.69, 9.17) is 5.11 Å². The maximum absolute atomic E-state index is 12.1. The lowest BCUT2D eigenvalue weighted by Gasteiger charge is -2.26. The molecule has 1 amide bonds. The van der Waals surface area contributed by atoms with Gasteiger partial charge < -0.3 is 15.0 Å². The van der Waals surface area contributed by atoms with E-state index >= 15 is 0 Å². The zero-order valence-corrected chi connectivity index (χ0v) is 13.0. The minimum Gasteiger partial charge on any atom is -0.390 e. The van der Waals surface area contributed by atoms with Gasteiger partial charge in [0.05, 0.1) is 23.7 Å². The molecule has 0 aliphatic rings. The number of imidazole rings is 1. The van der Waals surface area contributed by atoms with E-state index in [0.29, 0.717) is 0 Å². The Bertz CT molecular complexity index is 443. The summed E-state index contributed by atoms with van der Waals surface area (Å²) in [4.78, 5) is 16.3. The van der Waals surface area contributed by atoms with Crippen LogP contribution in [0.15, 0.2) is 11.4 Å². The molecule has 1 unspecified atom stereocenters. The maximum Gasteiger partial charge on any atom is 0.233 e. The Kier molecular flexibility index (Phi) is 5.43. The van der Waals surface area contributed by atoms with E-state index in [1.54, 1.807) is 10.8 Å². The Labute approximate surface area is 118 Å². The SMILES string of the molecule is CCC(C)(C)NC(=O)C(C)Sc1ncc(CO)n1C. The fourth-order valence-corrected chi connectivity index (χ4v) is 2.29. The molecule has 0 radical (unpaired) electrons. The number of aliphatic hydroxyl groups is 1. The molecule has 1 atom stereocenters. The van der Waals surface area contributed by atoms with E-state index in [0.717, 1.165) is 17.3 Å². The topological polar surface area (TPSA) is 67.2 Å². The first-order valence-electron chi connectivity index (χ1n) is 6.41. The van der Waals surface area contributed by atoms with Gasteiger partial charge in [0, 0.05) is 12.6 Å². The summed E-state index contributed by atoms with van der Waals surface area (Å²) >= 11 is 1.39. The lowest BCUT2D eigenvalue weighted by Crippen LogP contribution is -2.46. The van der Waals surface area contributed by atoms with E-state index in [1.807, 2.05) is 34.7 Å². The molecule has 1 aromatic heterocycles. The molecule has 0 fully saturated rings. The van der Waals surface area contributed by atoms with E-state index in [1.165, 1.54) is 11.8 Å². The first-order chi connectivity index (χ1) is 8.80. The average molecular weight is 285 g/mol. The van der Waals surface area contributed by atoms with Crippen LogP contribution in [0, 0.1) is 0 Å². The molecule has 0 aliphatic heterocycles. The second-order valence-corrected chi connectivity index (χ2v) is 6.54. The number of nitrogens with one attached hydrogen (secondary N) is 1. The van der Waals surface area contributed by atoms with Crippen LogP contribution in [0.5, 0.6) is 0 Å². The van der Waals surface area contributed by atoms with Crippen molar-refractivity contribution in [3.8, 4) is 0 Å². The van der Waals surface area contributed by atoms with Gasteiger partial charge in [-0.2, -0.15) is 0 Å². The van der Waals surface area contributed by atoms with E-state index in [-0.39, 0.29) is 23.3 Å². The van der Waals surface area contributed by atoms with Gasteiger partial charge in [-0.15, -0.1) is 0 Å². The third-order valence-electron chi connectivity index (χ3n) is 3.20. The van der Waals surface area contributed by atoms with Crippen molar-refractivity contribution in [2.45, 2.75) is 56.7 Å². The van der Waals surface area contributed by atoms with Gasteiger partial charge in [-0.25, -0.2) is 4.98 Å². The van der Waals surface area contributed by atoms with E-state index in [9.17, 15) is 4.79 Å². The average Bonchev–Trinajstić information content (AvgIpc) is 2.70. The zero-order chi connectivity index (χ0) is 14.6. The van der Waals surface area contributed by atoms with Crippen molar-refractivity contribution in [3.05, 3.63) is 11.9 Å². The van der Waals surface area contributed by atoms with Crippen LogP contribution in [-0.4, -0.2) is 31.4 Å². The molecule has 0 spiro atoms. The Balaban J connectivity index is 2.66. The number of hydrogen-bond donors (Lipinski definition) is 2. The zero-order valence-electron chi connectivity index (χ0n) is 12.2. The molecule has 108 valence electrons. The molecule has 0 aliphatic carbocycles. The molecule has 2 N–H and O–H groups in total. The molecule has 0 saturated carbocycles. The van der Waals surface area contributed by atoms with Crippen molar-refractivity contribution >= 4 is 17.7 Å². The Morgan fingerprint density at radius 2 is 2.26 bits per heavy atom. The van der Waals surface area contributed by atoms with Crippen molar-refractivity contribution < 1.29 is 9.90 Å². The van der Waals surface area contributed by atoms with Crippen LogP contribution in [0.25, 0.3) is 0 Å². The summed E-state index contributed by atoms with van der Waals surface area (Å²) in [5.41, 5.74) is 0.549. The number of amides is 1. The highest BCUT2D eigenvalue weighted by Crippen LogP contribution is 2.23. The second kappa shape index (κ2) is 6.43. The number of carbonyl (C=O) groups is 1. The van der Waals surface area contributed by atoms with Crippen molar-refractivity contribution in [2.24, 2.45) is 7.05 Å². The van der Waals surface area contributed by atoms with Crippen molar-refractivity contribution in [3.63, 3.8) is 0 Å². The van der Waals surface area contributed by atoms with Crippen LogP contribution >= 0.6 is 11.8 Å². The lowest BCUT2D eigenvalue weighted by atomic mass is 10.0. The smallest absolute Gasteiger partial charge is 0.233 e. The van der Waals surface area contributed by atoms with Crippen molar-refractivity contribution in [2.75, 3.05) is 0 Å². The number of rotatable bonds is 6. The summed E-state index contributed by atoms with van der Waals surface area (Å²) in [6, 6.07) is 0. The van der Waals surface area contributed by atoms with Crippen LogP contribution in [0.4, 0.5) is 0 Å². The molecular formula is C13H23N3O2S. The summed E-state index contributed by atoms with van der Waals surface area (Å²) in [5.74, 6) is 0.00500. The van der Waals surface area contributed by atoms with Gasteiger partial charge in [-0.05, 0) is 27.2 Å². The first-order valence-corrected chi connectivity index (χ1v) is 7.28. The molecule has 6 heteroatoms. The quantitative estimate of drug-likeness (QED) is 0.781. The highest BCUT2D eigenvalue weighted by Gasteiger charge is 2.23. The third kappa shape index (κ3) is 4.24. The van der Waals surface area contributed by atoms with Crippen LogP contribution in [0.3, 0.4) is 0 Å². The van der Waals surface area contributed by atoms with Gasteiger partial charge in [0.15, 0.2) is 5.16 Å². The van der Waals surface area contributed by atoms with Crippen LogP contribution in [0.1, 0.15) is 39.8 Å². The molecule has 5 nitrogen and oxygen atoms in total. The van der Waals surface area contributed by atoms with Crippen molar-refractivity contribution in [1.29, 1.82) is 0 Å². The first kappa shape index (κ1) is 16.0. The Morgan fingerprint density at radius 3 is 2.74 bits per heavy atom. The number of hydrogen-bond acceptors (Lipinski definition) is 4. The van der Waals surface area contributed by atoms with Crippen LogP contribution in [-0.2, 0) is 18.4 Å². The molecule has 1 aromatic rings. The molecule has 0 bridgehead atoms. The molecule has 0 saturated heterocycles. The summed E-state index contributed by atoms with van der Waals surface area (Å²) < 4.78 is 1.80. The highest BCUT2D eigenvalue weighted by atomic mass is 32.2. The van der Waals surface area contributed by atoms with Gasteiger partial charge in [0.2, 0.25) is 5.91 Å². The van der Waals surface area contributed by atoms with Crippen LogP contribution < -0.4 is 5.32 Å². The number of thioether (sulfide) groups is 1. The number of carbonyl (C=O) groups excluding carboxylic acids is 1. The minimum atomic E-state index is -0.224. The summed E-state index contributed by atoms with van der Waals surface area (Å²) in [7, 11) is 1.83. The second-order valence-electron chi connectivity index (χ2n) is 5.24. The predicted octanol–water partition coefficient (Wildman–Crippen LogP) is 1.70. The third-order valence-corrected chi connectivity index (χ3v) is 4.36. The van der Waals surface area contributed by atoms with E-state index < -0.39 is 0 Å².